The minimum atomic E-state index is -0.317. The van der Waals surface area contributed by atoms with E-state index in [1.165, 1.54) is 23.1 Å². The molecule has 1 N–H and O–H groups in total. The molecule has 37 heavy (non-hydrogen) atoms. The molecule has 6 nitrogen and oxygen atoms in total. The van der Waals surface area contributed by atoms with Gasteiger partial charge in [-0.3, -0.25) is 14.4 Å². The first-order chi connectivity index (χ1) is 18.0. The number of nitrogens with zero attached hydrogens (tertiary/aromatic N) is 2. The van der Waals surface area contributed by atoms with Gasteiger partial charge in [-0.25, -0.2) is 4.98 Å². The number of carbonyl (C=O) groups is 3. The van der Waals surface area contributed by atoms with Crippen molar-refractivity contribution >= 4 is 56.6 Å². The topological polar surface area (TPSA) is 79.4 Å². The van der Waals surface area contributed by atoms with Crippen LogP contribution < -0.4 is 5.32 Å². The number of piperidine rings is 1. The standard InChI is InChI=1S/C29H27N3O3S2/c1-19-9-11-20(12-10-19)25(33)18-36-29-31-24-14-13-21(17-26(24)37-29)30-27(34)22-7-3-4-8-23(22)28(35)32-15-5-2-6-16-32/h3-4,7-14,17H,2,5-6,15-16,18H2,1H3,(H,30,34). The van der Waals surface area contributed by atoms with Crippen molar-refractivity contribution < 1.29 is 14.4 Å². The van der Waals surface area contributed by atoms with E-state index in [0.717, 1.165) is 52.5 Å². The van der Waals surface area contributed by atoms with Crippen LogP contribution in [0.3, 0.4) is 0 Å². The zero-order valence-corrected chi connectivity index (χ0v) is 22.2. The van der Waals surface area contributed by atoms with E-state index >= 15 is 0 Å². The summed E-state index contributed by atoms with van der Waals surface area (Å²) in [6, 6.07) is 20.1. The predicted molar refractivity (Wildman–Crippen MR) is 150 cm³/mol. The molecule has 2 heterocycles. The molecule has 1 aliphatic heterocycles. The fourth-order valence-corrected chi connectivity index (χ4v) is 6.33. The summed E-state index contributed by atoms with van der Waals surface area (Å²) >= 11 is 2.91. The molecule has 1 fully saturated rings. The SMILES string of the molecule is Cc1ccc(C(=O)CSc2nc3ccc(NC(=O)c4ccccc4C(=O)N4CCCCC4)cc3s2)cc1. The highest BCUT2D eigenvalue weighted by Crippen LogP contribution is 2.32. The van der Waals surface area contributed by atoms with Gasteiger partial charge in [-0.05, 0) is 56.5 Å². The van der Waals surface area contributed by atoms with E-state index in [4.69, 9.17) is 0 Å². The number of ketones is 1. The molecule has 3 aromatic carbocycles. The van der Waals surface area contributed by atoms with Crippen LogP contribution in [0.5, 0.6) is 0 Å². The third kappa shape index (κ3) is 5.92. The van der Waals surface area contributed by atoms with E-state index in [-0.39, 0.29) is 17.6 Å². The second kappa shape index (κ2) is 11.3. The monoisotopic (exact) mass is 529 g/mol. The molecular weight excluding hydrogens is 502 g/mol. The minimum Gasteiger partial charge on any atom is -0.339 e. The Labute approximate surface area is 224 Å². The van der Waals surface area contributed by atoms with Gasteiger partial charge in [0.15, 0.2) is 10.1 Å². The smallest absolute Gasteiger partial charge is 0.256 e. The number of amides is 2. The van der Waals surface area contributed by atoms with Crippen molar-refractivity contribution in [3.8, 4) is 0 Å². The Kier molecular flexibility index (Phi) is 7.67. The molecule has 2 amide bonds. The average molecular weight is 530 g/mol. The number of thioether (sulfide) groups is 1. The van der Waals surface area contributed by atoms with Crippen molar-refractivity contribution in [2.45, 2.75) is 30.5 Å². The van der Waals surface area contributed by atoms with Crippen molar-refractivity contribution in [3.63, 3.8) is 0 Å². The molecule has 1 aliphatic rings. The summed E-state index contributed by atoms with van der Waals surface area (Å²) in [5.41, 5.74) is 4.06. The molecule has 188 valence electrons. The van der Waals surface area contributed by atoms with E-state index in [1.54, 1.807) is 30.3 Å². The number of nitrogens with one attached hydrogen (secondary N) is 1. The lowest BCUT2D eigenvalue weighted by atomic mass is 10.0. The first-order valence-electron chi connectivity index (χ1n) is 12.3. The molecular formula is C29H27N3O3S2. The molecule has 0 bridgehead atoms. The van der Waals surface area contributed by atoms with Crippen LogP contribution in [0.1, 0.15) is 55.9 Å². The Balaban J connectivity index is 1.27. The van der Waals surface area contributed by atoms with Gasteiger partial charge in [0.2, 0.25) is 0 Å². The van der Waals surface area contributed by atoms with Crippen molar-refractivity contribution in [2.24, 2.45) is 0 Å². The van der Waals surface area contributed by atoms with Gasteiger partial charge in [0.25, 0.3) is 11.8 Å². The van der Waals surface area contributed by atoms with Gasteiger partial charge in [0.05, 0.1) is 27.1 Å². The summed E-state index contributed by atoms with van der Waals surface area (Å²) in [5, 5.41) is 2.94. The average Bonchev–Trinajstić information content (AvgIpc) is 3.34. The zero-order chi connectivity index (χ0) is 25.8. The van der Waals surface area contributed by atoms with Crippen molar-refractivity contribution in [3.05, 3.63) is 89.0 Å². The molecule has 0 spiro atoms. The maximum atomic E-state index is 13.2. The summed E-state index contributed by atoms with van der Waals surface area (Å²) in [4.78, 5) is 45.2. The fraction of sp³-hybridized carbons (Fsp3) is 0.241. The van der Waals surface area contributed by atoms with Crippen LogP contribution in [0.4, 0.5) is 5.69 Å². The van der Waals surface area contributed by atoms with Gasteiger partial charge < -0.3 is 10.2 Å². The van der Waals surface area contributed by atoms with Gasteiger partial charge in [0.1, 0.15) is 0 Å². The number of hydrogen-bond donors (Lipinski definition) is 1. The third-order valence-electron chi connectivity index (χ3n) is 6.37. The molecule has 1 saturated heterocycles. The number of aromatic nitrogens is 1. The second-order valence-corrected chi connectivity index (χ2v) is 11.3. The number of fused-ring (bicyclic) bond motifs is 1. The fourth-order valence-electron chi connectivity index (χ4n) is 4.33. The van der Waals surface area contributed by atoms with Gasteiger partial charge in [-0.1, -0.05) is 53.7 Å². The van der Waals surface area contributed by atoms with E-state index in [0.29, 0.717) is 28.1 Å². The van der Waals surface area contributed by atoms with Gasteiger partial charge in [0, 0.05) is 24.3 Å². The van der Waals surface area contributed by atoms with Gasteiger partial charge >= 0.3 is 0 Å². The summed E-state index contributed by atoms with van der Waals surface area (Å²) < 4.78 is 1.72. The van der Waals surface area contributed by atoms with E-state index in [1.807, 2.05) is 48.2 Å². The molecule has 8 heteroatoms. The molecule has 0 atom stereocenters. The second-order valence-electron chi connectivity index (χ2n) is 9.09. The Morgan fingerprint density at radius 2 is 1.68 bits per heavy atom. The third-order valence-corrected chi connectivity index (χ3v) is 8.53. The van der Waals surface area contributed by atoms with Crippen LogP contribution in [0, 0.1) is 6.92 Å². The summed E-state index contributed by atoms with van der Waals surface area (Å²) in [6.45, 7) is 3.45. The highest BCUT2D eigenvalue weighted by molar-refractivity contribution is 8.01. The number of aryl methyl sites for hydroxylation is 1. The van der Waals surface area contributed by atoms with Crippen LogP contribution in [0.25, 0.3) is 10.2 Å². The number of hydrogen-bond acceptors (Lipinski definition) is 6. The predicted octanol–water partition coefficient (Wildman–Crippen LogP) is 6.46. The number of Topliss-reactive ketones (excluding diaryl/α,β-unsaturated/α-hetero) is 1. The maximum Gasteiger partial charge on any atom is 0.256 e. The molecule has 1 aromatic heterocycles. The molecule has 0 radical (unpaired) electrons. The summed E-state index contributed by atoms with van der Waals surface area (Å²) in [7, 11) is 0. The summed E-state index contributed by atoms with van der Waals surface area (Å²) in [5.74, 6) is -0.0304. The van der Waals surface area contributed by atoms with Crippen molar-refractivity contribution in [1.82, 2.24) is 9.88 Å². The number of likely N-dealkylation sites (tertiary alicyclic amines) is 1. The van der Waals surface area contributed by atoms with Crippen LogP contribution in [-0.2, 0) is 0 Å². The first-order valence-corrected chi connectivity index (χ1v) is 14.1. The lowest BCUT2D eigenvalue weighted by Gasteiger charge is -2.27. The van der Waals surface area contributed by atoms with E-state index < -0.39 is 0 Å². The number of benzene rings is 3. The molecule has 4 aromatic rings. The highest BCUT2D eigenvalue weighted by Gasteiger charge is 2.23. The number of anilines is 1. The molecule has 5 rings (SSSR count). The Morgan fingerprint density at radius 1 is 0.946 bits per heavy atom. The largest absolute Gasteiger partial charge is 0.339 e. The molecule has 0 aliphatic carbocycles. The normalized spacial score (nSPS) is 13.5. The Bertz CT molecular complexity index is 1460. The highest BCUT2D eigenvalue weighted by atomic mass is 32.2. The van der Waals surface area contributed by atoms with Crippen LogP contribution in [-0.4, -0.2) is 46.3 Å². The summed E-state index contributed by atoms with van der Waals surface area (Å²) in [6.07, 6.45) is 3.12. The van der Waals surface area contributed by atoms with Crippen LogP contribution in [0.2, 0.25) is 0 Å². The molecule has 0 saturated carbocycles. The van der Waals surface area contributed by atoms with Crippen molar-refractivity contribution in [1.29, 1.82) is 0 Å². The number of thiazole rings is 1. The van der Waals surface area contributed by atoms with Gasteiger partial charge in [-0.2, -0.15) is 0 Å². The lowest BCUT2D eigenvalue weighted by Crippen LogP contribution is -2.36. The van der Waals surface area contributed by atoms with Crippen molar-refractivity contribution in [2.75, 3.05) is 24.2 Å². The molecule has 0 unspecified atom stereocenters. The van der Waals surface area contributed by atoms with E-state index in [9.17, 15) is 14.4 Å². The van der Waals surface area contributed by atoms with Crippen LogP contribution in [0.15, 0.2) is 71.1 Å². The number of rotatable bonds is 7. The van der Waals surface area contributed by atoms with E-state index in [2.05, 4.69) is 10.3 Å². The Morgan fingerprint density at radius 3 is 2.43 bits per heavy atom. The Hall–Kier alpha value is -3.49. The quantitative estimate of drug-likeness (QED) is 0.220. The first kappa shape index (κ1) is 25.2. The van der Waals surface area contributed by atoms with Gasteiger partial charge in [-0.15, -0.1) is 11.3 Å². The van der Waals surface area contributed by atoms with Crippen LogP contribution >= 0.6 is 23.1 Å². The maximum absolute atomic E-state index is 13.2. The minimum absolute atomic E-state index is 0.0648. The zero-order valence-electron chi connectivity index (χ0n) is 20.5. The lowest BCUT2D eigenvalue weighted by molar-refractivity contribution is 0.0720. The number of carbonyl (C=O) groups excluding carboxylic acids is 3.